The zero-order valence-electron chi connectivity index (χ0n) is 8.85. The van der Waals surface area contributed by atoms with Crippen molar-refractivity contribution in [3.05, 3.63) is 22.5 Å². The largest absolute Gasteiger partial charge is 0.314 e. The van der Waals surface area contributed by atoms with Crippen molar-refractivity contribution in [2.24, 2.45) is 0 Å². The summed E-state index contributed by atoms with van der Waals surface area (Å²) in [4.78, 5) is 1.22. The van der Waals surface area contributed by atoms with Gasteiger partial charge >= 0.3 is 0 Å². The molecule has 3 rings (SSSR count). The van der Waals surface area contributed by atoms with Crippen LogP contribution >= 0.6 is 22.7 Å². The van der Waals surface area contributed by atoms with Gasteiger partial charge in [-0.15, -0.1) is 21.5 Å². The highest BCUT2D eigenvalue weighted by molar-refractivity contribution is 7.20. The number of nitrogens with one attached hydrogen (secondary N) is 1. The molecule has 2 heterocycles. The van der Waals surface area contributed by atoms with Gasteiger partial charge in [0.15, 0.2) is 5.01 Å². The van der Waals surface area contributed by atoms with Crippen LogP contribution in [0.1, 0.15) is 17.8 Å². The van der Waals surface area contributed by atoms with Crippen LogP contribution in [0.4, 0.5) is 0 Å². The molecule has 3 nitrogen and oxygen atoms in total. The average Bonchev–Trinajstić information content (AvgIpc) is 2.83. The molecule has 84 valence electrons. The quantitative estimate of drug-likeness (QED) is 0.887. The molecule has 1 fully saturated rings. The van der Waals surface area contributed by atoms with Crippen LogP contribution in [0.3, 0.4) is 0 Å². The molecule has 5 heteroatoms. The molecule has 0 spiro atoms. The summed E-state index contributed by atoms with van der Waals surface area (Å²) in [5, 5.41) is 16.2. The highest BCUT2D eigenvalue weighted by Crippen LogP contribution is 2.27. The monoisotopic (exact) mass is 251 g/mol. The van der Waals surface area contributed by atoms with Gasteiger partial charge in [0.25, 0.3) is 0 Å². The lowest BCUT2D eigenvalue weighted by atomic mass is 10.4. The molecular weight excluding hydrogens is 238 g/mol. The first-order valence-electron chi connectivity index (χ1n) is 5.51. The van der Waals surface area contributed by atoms with Crippen LogP contribution in [-0.4, -0.2) is 22.8 Å². The van der Waals surface area contributed by atoms with E-state index in [2.05, 4.69) is 33.0 Å². The Labute approximate surface area is 103 Å². The molecule has 0 atom stereocenters. The van der Waals surface area contributed by atoms with Gasteiger partial charge in [0.2, 0.25) is 0 Å². The van der Waals surface area contributed by atoms with Gasteiger partial charge in [-0.25, -0.2) is 0 Å². The maximum absolute atomic E-state index is 4.22. The number of nitrogens with zero attached hydrogens (tertiary/aromatic N) is 2. The van der Waals surface area contributed by atoms with Gasteiger partial charge in [-0.2, -0.15) is 0 Å². The second kappa shape index (κ2) is 4.61. The standard InChI is InChI=1S/C11H13N3S2/c1-2-9(15-7-1)11-14-13-10(16-11)5-6-12-8-3-4-8/h1-2,7-8,12H,3-6H2. The molecule has 1 aliphatic carbocycles. The normalized spacial score (nSPS) is 15.5. The van der Waals surface area contributed by atoms with Gasteiger partial charge in [-0.3, -0.25) is 0 Å². The smallest absolute Gasteiger partial charge is 0.157 e. The van der Waals surface area contributed by atoms with Crippen molar-refractivity contribution < 1.29 is 0 Å². The molecule has 0 radical (unpaired) electrons. The van der Waals surface area contributed by atoms with Crippen LogP contribution in [0.5, 0.6) is 0 Å². The third-order valence-electron chi connectivity index (χ3n) is 2.55. The first-order chi connectivity index (χ1) is 7.92. The molecule has 0 bridgehead atoms. The summed E-state index contributed by atoms with van der Waals surface area (Å²) in [5.74, 6) is 0. The van der Waals surface area contributed by atoms with Crippen LogP contribution in [0.2, 0.25) is 0 Å². The topological polar surface area (TPSA) is 37.8 Å². The van der Waals surface area contributed by atoms with Crippen LogP contribution < -0.4 is 5.32 Å². The number of rotatable bonds is 5. The predicted octanol–water partition coefficient (Wildman–Crippen LogP) is 2.56. The highest BCUT2D eigenvalue weighted by Gasteiger charge is 2.19. The molecule has 16 heavy (non-hydrogen) atoms. The lowest BCUT2D eigenvalue weighted by Gasteiger charge is -1.97. The Morgan fingerprint density at radius 3 is 3.06 bits per heavy atom. The van der Waals surface area contributed by atoms with Crippen molar-refractivity contribution in [1.29, 1.82) is 0 Å². The van der Waals surface area contributed by atoms with Crippen molar-refractivity contribution in [2.75, 3.05) is 6.54 Å². The van der Waals surface area contributed by atoms with E-state index in [1.54, 1.807) is 22.7 Å². The first-order valence-corrected chi connectivity index (χ1v) is 7.21. The van der Waals surface area contributed by atoms with Crippen LogP contribution in [0.15, 0.2) is 17.5 Å². The van der Waals surface area contributed by atoms with Crippen molar-refractivity contribution in [3.63, 3.8) is 0 Å². The highest BCUT2D eigenvalue weighted by atomic mass is 32.1. The second-order valence-corrected chi connectivity index (χ2v) is 5.97. The van der Waals surface area contributed by atoms with Gasteiger partial charge in [0.1, 0.15) is 5.01 Å². The molecule has 1 N–H and O–H groups in total. The molecule has 2 aromatic heterocycles. The maximum Gasteiger partial charge on any atom is 0.157 e. The summed E-state index contributed by atoms with van der Waals surface area (Å²) in [6, 6.07) is 4.93. The fourth-order valence-electron chi connectivity index (χ4n) is 1.53. The van der Waals surface area contributed by atoms with Crippen LogP contribution in [0.25, 0.3) is 9.88 Å². The summed E-state index contributed by atoms with van der Waals surface area (Å²) in [5.41, 5.74) is 0. The van der Waals surface area contributed by atoms with Crippen LogP contribution in [-0.2, 0) is 6.42 Å². The molecule has 0 unspecified atom stereocenters. The minimum atomic E-state index is 0.782. The predicted molar refractivity (Wildman–Crippen MR) is 68.0 cm³/mol. The van der Waals surface area contributed by atoms with Crippen molar-refractivity contribution in [2.45, 2.75) is 25.3 Å². The first kappa shape index (κ1) is 10.4. The van der Waals surface area contributed by atoms with Crippen molar-refractivity contribution in [3.8, 4) is 9.88 Å². The van der Waals surface area contributed by atoms with E-state index >= 15 is 0 Å². The summed E-state index contributed by atoms with van der Waals surface area (Å²) in [6.07, 6.45) is 3.69. The van der Waals surface area contributed by atoms with Gasteiger partial charge in [-0.05, 0) is 24.3 Å². The third kappa shape index (κ3) is 2.48. The van der Waals surface area contributed by atoms with E-state index in [9.17, 15) is 0 Å². The number of aromatic nitrogens is 2. The molecule has 2 aromatic rings. The lowest BCUT2D eigenvalue weighted by molar-refractivity contribution is 0.677. The lowest BCUT2D eigenvalue weighted by Crippen LogP contribution is -2.19. The number of thiophene rings is 1. The molecule has 1 saturated carbocycles. The van der Waals surface area contributed by atoms with Gasteiger partial charge in [0, 0.05) is 19.0 Å². The Balaban J connectivity index is 1.59. The minimum Gasteiger partial charge on any atom is -0.314 e. The number of hydrogen-bond acceptors (Lipinski definition) is 5. The van der Waals surface area contributed by atoms with E-state index < -0.39 is 0 Å². The second-order valence-electron chi connectivity index (χ2n) is 3.96. The minimum absolute atomic E-state index is 0.782. The SMILES string of the molecule is c1csc(-c2nnc(CCNC3CC3)s2)c1. The zero-order valence-corrected chi connectivity index (χ0v) is 10.5. The van der Waals surface area contributed by atoms with E-state index in [1.165, 1.54) is 17.7 Å². The average molecular weight is 251 g/mol. The fourth-order valence-corrected chi connectivity index (χ4v) is 3.16. The molecule has 0 aliphatic heterocycles. The fraction of sp³-hybridized carbons (Fsp3) is 0.455. The van der Waals surface area contributed by atoms with Crippen molar-refractivity contribution >= 4 is 22.7 Å². The molecular formula is C11H13N3S2. The van der Waals surface area contributed by atoms with Crippen LogP contribution in [0, 0.1) is 0 Å². The third-order valence-corrected chi connectivity index (χ3v) is 4.57. The van der Waals surface area contributed by atoms with E-state index in [0.717, 1.165) is 29.0 Å². The Morgan fingerprint density at radius 1 is 1.38 bits per heavy atom. The van der Waals surface area contributed by atoms with Gasteiger partial charge in [0.05, 0.1) is 4.88 Å². The van der Waals surface area contributed by atoms with Gasteiger partial charge in [-0.1, -0.05) is 17.4 Å². The van der Waals surface area contributed by atoms with E-state index in [0.29, 0.717) is 0 Å². The summed E-state index contributed by atoms with van der Waals surface area (Å²) < 4.78 is 0. The summed E-state index contributed by atoms with van der Waals surface area (Å²) in [6.45, 7) is 1.03. The molecule has 0 amide bonds. The van der Waals surface area contributed by atoms with Gasteiger partial charge < -0.3 is 5.32 Å². The Hall–Kier alpha value is -0.780. The zero-order chi connectivity index (χ0) is 10.8. The van der Waals surface area contributed by atoms with E-state index in [1.807, 2.05) is 0 Å². The summed E-state index contributed by atoms with van der Waals surface area (Å²) >= 11 is 3.43. The Morgan fingerprint density at radius 2 is 2.31 bits per heavy atom. The summed E-state index contributed by atoms with van der Waals surface area (Å²) in [7, 11) is 0. The van der Waals surface area contributed by atoms with E-state index in [-0.39, 0.29) is 0 Å². The number of hydrogen-bond donors (Lipinski definition) is 1. The molecule has 1 aliphatic rings. The van der Waals surface area contributed by atoms with E-state index in [4.69, 9.17) is 0 Å². The Bertz CT molecular complexity index is 446. The molecule has 0 saturated heterocycles. The Kier molecular flexibility index (Phi) is 2.99. The molecule has 0 aromatic carbocycles. The van der Waals surface area contributed by atoms with Crippen molar-refractivity contribution in [1.82, 2.24) is 15.5 Å². The maximum atomic E-state index is 4.22.